The second kappa shape index (κ2) is 5.64. The van der Waals surface area contributed by atoms with Crippen LogP contribution < -0.4 is 11.1 Å². The zero-order chi connectivity index (χ0) is 13.1. The molecular weight excluding hydrogens is 240 g/mol. The number of sulfone groups is 1. The Bertz CT molecular complexity index is 401. The number of nitrogens with one attached hydrogen (secondary N) is 1. The van der Waals surface area contributed by atoms with E-state index < -0.39 is 15.9 Å². The molecule has 0 aromatic heterocycles. The van der Waals surface area contributed by atoms with Crippen LogP contribution in [-0.2, 0) is 14.6 Å². The van der Waals surface area contributed by atoms with Gasteiger partial charge in [-0.2, -0.15) is 0 Å². The second-order valence-corrected chi connectivity index (χ2v) is 6.77. The van der Waals surface area contributed by atoms with Crippen molar-refractivity contribution in [2.45, 2.75) is 26.3 Å². The van der Waals surface area contributed by atoms with Crippen LogP contribution in [-0.4, -0.2) is 32.7 Å². The van der Waals surface area contributed by atoms with Gasteiger partial charge in [-0.15, -0.1) is 0 Å². The summed E-state index contributed by atoms with van der Waals surface area (Å²) in [5.74, 6) is -0.0608. The Balaban J connectivity index is 2.52. The highest BCUT2D eigenvalue weighted by atomic mass is 32.2. The summed E-state index contributed by atoms with van der Waals surface area (Å²) >= 11 is 0. The van der Waals surface area contributed by atoms with Gasteiger partial charge in [0.2, 0.25) is 5.91 Å². The first-order valence-corrected chi connectivity index (χ1v) is 7.47. The third-order valence-electron chi connectivity index (χ3n) is 2.67. The summed E-state index contributed by atoms with van der Waals surface area (Å²) in [4.78, 5) is 11.9. The van der Waals surface area contributed by atoms with Gasteiger partial charge >= 0.3 is 0 Å². The lowest BCUT2D eigenvalue weighted by Gasteiger charge is -2.18. The quantitative estimate of drug-likeness (QED) is 0.730. The number of hydrogen-bond acceptors (Lipinski definition) is 4. The number of carbonyl (C=O) groups is 1. The van der Waals surface area contributed by atoms with E-state index in [0.29, 0.717) is 12.3 Å². The maximum absolute atomic E-state index is 11.9. The van der Waals surface area contributed by atoms with Crippen molar-refractivity contribution in [2.24, 2.45) is 17.6 Å². The molecule has 1 rings (SSSR count). The Hall–Kier alpha value is -0.880. The van der Waals surface area contributed by atoms with Crippen molar-refractivity contribution in [2.75, 3.05) is 12.3 Å². The molecule has 5 nitrogen and oxygen atoms in total. The van der Waals surface area contributed by atoms with Crippen LogP contribution >= 0.6 is 0 Å². The van der Waals surface area contributed by atoms with Gasteiger partial charge in [-0.3, -0.25) is 4.79 Å². The molecular formula is C11H20N2O3S. The predicted octanol–water partition coefficient (Wildman–Crippen LogP) is 0.0343. The van der Waals surface area contributed by atoms with Gasteiger partial charge in [0.1, 0.15) is 0 Å². The Morgan fingerprint density at radius 2 is 2.18 bits per heavy atom. The minimum Gasteiger partial charge on any atom is -0.349 e. The number of amides is 1. The average Bonchev–Trinajstić information content (AvgIpc) is 2.54. The van der Waals surface area contributed by atoms with Crippen molar-refractivity contribution in [1.29, 1.82) is 0 Å². The third kappa shape index (κ3) is 4.47. The molecule has 0 radical (unpaired) electrons. The summed E-state index contributed by atoms with van der Waals surface area (Å²) in [6.45, 7) is 4.33. The molecule has 1 heterocycles. The molecule has 2 unspecified atom stereocenters. The van der Waals surface area contributed by atoms with E-state index in [9.17, 15) is 13.2 Å². The summed E-state index contributed by atoms with van der Waals surface area (Å²) in [5, 5.41) is 3.86. The maximum atomic E-state index is 11.9. The summed E-state index contributed by atoms with van der Waals surface area (Å²) in [7, 11) is -3.12. The Labute approximate surface area is 102 Å². The molecule has 0 aliphatic carbocycles. The smallest absolute Gasteiger partial charge is 0.224 e. The van der Waals surface area contributed by atoms with E-state index in [1.807, 2.05) is 13.8 Å². The van der Waals surface area contributed by atoms with Crippen molar-refractivity contribution in [3.63, 3.8) is 0 Å². The lowest BCUT2D eigenvalue weighted by molar-refractivity contribution is -0.125. The van der Waals surface area contributed by atoms with Gasteiger partial charge < -0.3 is 11.1 Å². The Morgan fingerprint density at radius 1 is 1.53 bits per heavy atom. The molecule has 0 aromatic rings. The highest BCUT2D eigenvalue weighted by molar-refractivity contribution is 7.94. The molecule has 3 N–H and O–H groups in total. The van der Waals surface area contributed by atoms with Gasteiger partial charge in [-0.05, 0) is 18.4 Å². The number of rotatable bonds is 5. The van der Waals surface area contributed by atoms with Crippen LogP contribution in [0.4, 0.5) is 0 Å². The standard InChI is InChI=1S/C11H20N2O3S/c1-8(2)5-9(6-12)11(14)13-10-3-4-17(15,16)7-10/h3-4,8-10H,5-7,12H2,1-2H3,(H,13,14). The SMILES string of the molecule is CC(C)CC(CN)C(=O)NC1C=CS(=O)(=O)C1. The number of nitrogens with two attached hydrogens (primary N) is 1. The first kappa shape index (κ1) is 14.2. The number of carbonyl (C=O) groups excluding carboxylic acids is 1. The molecule has 0 aromatic carbocycles. The fourth-order valence-electron chi connectivity index (χ4n) is 1.85. The summed E-state index contributed by atoms with van der Waals surface area (Å²) in [6, 6.07) is -0.409. The molecule has 6 heteroatoms. The second-order valence-electron chi connectivity index (χ2n) is 4.84. The average molecular weight is 260 g/mol. The van der Waals surface area contributed by atoms with Crippen LogP contribution in [0.3, 0.4) is 0 Å². The zero-order valence-corrected chi connectivity index (χ0v) is 11.0. The molecule has 0 spiro atoms. The van der Waals surface area contributed by atoms with Crippen LogP contribution in [0.1, 0.15) is 20.3 Å². The van der Waals surface area contributed by atoms with Crippen LogP contribution in [0, 0.1) is 11.8 Å². The van der Waals surface area contributed by atoms with Crippen molar-refractivity contribution in [1.82, 2.24) is 5.32 Å². The lowest BCUT2D eigenvalue weighted by atomic mass is 9.96. The fraction of sp³-hybridized carbons (Fsp3) is 0.727. The Kier molecular flexibility index (Phi) is 4.70. The lowest BCUT2D eigenvalue weighted by Crippen LogP contribution is -2.42. The predicted molar refractivity (Wildman–Crippen MR) is 66.9 cm³/mol. The molecule has 0 fully saturated rings. The van der Waals surface area contributed by atoms with Crippen LogP contribution in [0.2, 0.25) is 0 Å². The topological polar surface area (TPSA) is 89.3 Å². The van der Waals surface area contributed by atoms with Crippen molar-refractivity contribution >= 4 is 15.7 Å². The zero-order valence-electron chi connectivity index (χ0n) is 10.2. The molecule has 1 amide bonds. The first-order chi connectivity index (χ1) is 7.84. The van der Waals surface area contributed by atoms with Gasteiger partial charge in [0.15, 0.2) is 9.84 Å². The molecule has 17 heavy (non-hydrogen) atoms. The Morgan fingerprint density at radius 3 is 2.59 bits per heavy atom. The molecule has 0 saturated heterocycles. The molecule has 2 atom stereocenters. The van der Waals surface area contributed by atoms with Gasteiger partial charge in [0, 0.05) is 12.0 Å². The van der Waals surface area contributed by atoms with Gasteiger partial charge in [0.25, 0.3) is 0 Å². The number of hydrogen-bond donors (Lipinski definition) is 2. The molecule has 1 aliphatic heterocycles. The normalized spacial score (nSPS) is 23.9. The summed E-state index contributed by atoms with van der Waals surface area (Å²) in [6.07, 6.45) is 2.22. The molecule has 98 valence electrons. The van der Waals surface area contributed by atoms with E-state index in [4.69, 9.17) is 5.73 Å². The molecule has 0 bridgehead atoms. The maximum Gasteiger partial charge on any atom is 0.224 e. The fourth-order valence-corrected chi connectivity index (χ4v) is 3.08. The van der Waals surface area contributed by atoms with E-state index in [1.165, 1.54) is 6.08 Å². The van der Waals surface area contributed by atoms with Crippen molar-refractivity contribution in [3.8, 4) is 0 Å². The third-order valence-corrected chi connectivity index (χ3v) is 4.06. The highest BCUT2D eigenvalue weighted by Gasteiger charge is 2.26. The van der Waals surface area contributed by atoms with Crippen LogP contribution in [0.5, 0.6) is 0 Å². The monoisotopic (exact) mass is 260 g/mol. The van der Waals surface area contributed by atoms with Gasteiger partial charge in [-0.1, -0.05) is 13.8 Å². The molecule has 1 aliphatic rings. The van der Waals surface area contributed by atoms with E-state index >= 15 is 0 Å². The first-order valence-electron chi connectivity index (χ1n) is 5.75. The largest absolute Gasteiger partial charge is 0.349 e. The summed E-state index contributed by atoms with van der Waals surface area (Å²) < 4.78 is 22.4. The molecule has 0 saturated carbocycles. The van der Waals surface area contributed by atoms with E-state index in [2.05, 4.69) is 5.32 Å². The van der Waals surface area contributed by atoms with E-state index in [-0.39, 0.29) is 24.1 Å². The van der Waals surface area contributed by atoms with Crippen LogP contribution in [0.25, 0.3) is 0 Å². The van der Waals surface area contributed by atoms with Gasteiger partial charge in [-0.25, -0.2) is 8.42 Å². The minimum absolute atomic E-state index is 0.0439. The highest BCUT2D eigenvalue weighted by Crippen LogP contribution is 2.13. The minimum atomic E-state index is -3.12. The van der Waals surface area contributed by atoms with E-state index in [0.717, 1.165) is 5.41 Å². The van der Waals surface area contributed by atoms with Crippen molar-refractivity contribution < 1.29 is 13.2 Å². The summed E-state index contributed by atoms with van der Waals surface area (Å²) in [5.41, 5.74) is 5.55. The van der Waals surface area contributed by atoms with Gasteiger partial charge in [0.05, 0.1) is 17.7 Å². The van der Waals surface area contributed by atoms with Crippen molar-refractivity contribution in [3.05, 3.63) is 11.5 Å². The van der Waals surface area contributed by atoms with E-state index in [1.54, 1.807) is 0 Å². The van der Waals surface area contributed by atoms with Crippen LogP contribution in [0.15, 0.2) is 11.5 Å².